The summed E-state index contributed by atoms with van der Waals surface area (Å²) in [7, 11) is 0. The first-order chi connectivity index (χ1) is 9.69. The van der Waals surface area contributed by atoms with E-state index in [1.165, 1.54) is 23.6 Å². The van der Waals surface area contributed by atoms with E-state index in [1.807, 2.05) is 0 Å². The van der Waals surface area contributed by atoms with Crippen molar-refractivity contribution >= 4 is 16.6 Å². The molecular weight excluding hydrogens is 246 g/mol. The number of benzene rings is 1. The topological polar surface area (TPSA) is 42.2 Å². The molecule has 2 N–H and O–H groups in total. The summed E-state index contributed by atoms with van der Waals surface area (Å²) in [6.07, 6.45) is 2.72. The molecule has 20 heavy (non-hydrogen) atoms. The molecule has 1 aliphatic carbocycles. The Morgan fingerprint density at radius 2 is 2.05 bits per heavy atom. The fraction of sp³-hybridized carbons (Fsp3) is 0.471. The van der Waals surface area contributed by atoms with Gasteiger partial charge in [-0.2, -0.15) is 0 Å². The average Bonchev–Trinajstić information content (AvgIpc) is 3.27. The van der Waals surface area contributed by atoms with Gasteiger partial charge in [0.25, 0.3) is 0 Å². The first-order valence-electron chi connectivity index (χ1n) is 7.54. The summed E-state index contributed by atoms with van der Waals surface area (Å²) in [5.74, 6) is 1.95. The highest BCUT2D eigenvalue weighted by Gasteiger charge is 2.27. The first kappa shape index (κ1) is 13.4. The Morgan fingerprint density at radius 3 is 2.70 bits per heavy atom. The maximum Gasteiger partial charge on any atom is 0.137 e. The molecule has 1 fully saturated rings. The van der Waals surface area contributed by atoms with E-state index in [-0.39, 0.29) is 0 Å². The molecule has 0 spiro atoms. The molecule has 2 aromatic rings. The normalized spacial score (nSPS) is 15.0. The predicted octanol–water partition coefficient (Wildman–Crippen LogP) is 3.32. The van der Waals surface area contributed by atoms with Crippen molar-refractivity contribution in [2.24, 2.45) is 11.7 Å². The maximum atomic E-state index is 5.82. The molecule has 1 aliphatic rings. The lowest BCUT2D eigenvalue weighted by atomic mass is 10.1. The number of nitrogens with two attached hydrogens (primary N) is 1. The van der Waals surface area contributed by atoms with E-state index in [1.54, 1.807) is 0 Å². The van der Waals surface area contributed by atoms with Crippen LogP contribution < -0.4 is 10.6 Å². The van der Waals surface area contributed by atoms with Crippen molar-refractivity contribution in [1.82, 2.24) is 4.98 Å². The molecule has 106 valence electrons. The van der Waals surface area contributed by atoms with Crippen LogP contribution in [0.3, 0.4) is 0 Å². The lowest BCUT2D eigenvalue weighted by Gasteiger charge is -2.29. The van der Waals surface area contributed by atoms with Gasteiger partial charge in [-0.15, -0.1) is 0 Å². The summed E-state index contributed by atoms with van der Waals surface area (Å²) in [4.78, 5) is 7.27. The molecule has 1 aromatic carbocycles. The third-order valence-corrected chi connectivity index (χ3v) is 4.03. The monoisotopic (exact) mass is 269 g/mol. The second kappa shape index (κ2) is 5.41. The fourth-order valence-electron chi connectivity index (χ4n) is 2.68. The second-order valence-corrected chi connectivity index (χ2v) is 6.05. The number of rotatable bonds is 5. The van der Waals surface area contributed by atoms with E-state index in [9.17, 15) is 0 Å². The van der Waals surface area contributed by atoms with Crippen LogP contribution in [0.15, 0.2) is 30.3 Å². The summed E-state index contributed by atoms with van der Waals surface area (Å²) in [5, 5.41) is 2.47. The first-order valence-corrected chi connectivity index (χ1v) is 7.54. The molecule has 1 saturated carbocycles. The van der Waals surface area contributed by atoms with Crippen molar-refractivity contribution in [3.63, 3.8) is 0 Å². The number of fused-ring (bicyclic) bond motifs is 1. The van der Waals surface area contributed by atoms with Gasteiger partial charge in [0, 0.05) is 24.5 Å². The van der Waals surface area contributed by atoms with Gasteiger partial charge in [0.05, 0.1) is 5.69 Å². The van der Waals surface area contributed by atoms with E-state index in [0.29, 0.717) is 12.6 Å². The van der Waals surface area contributed by atoms with Gasteiger partial charge in [-0.1, -0.05) is 24.3 Å². The molecule has 1 aromatic heterocycles. The maximum absolute atomic E-state index is 5.82. The van der Waals surface area contributed by atoms with E-state index in [0.717, 1.165) is 24.0 Å². The Labute approximate surface area is 120 Å². The molecule has 3 nitrogen and oxygen atoms in total. The van der Waals surface area contributed by atoms with Crippen molar-refractivity contribution in [2.75, 3.05) is 11.4 Å². The van der Waals surface area contributed by atoms with Gasteiger partial charge >= 0.3 is 0 Å². The molecule has 0 radical (unpaired) electrons. The molecule has 0 unspecified atom stereocenters. The predicted molar refractivity (Wildman–Crippen MR) is 84.8 cm³/mol. The Morgan fingerprint density at radius 1 is 1.30 bits per heavy atom. The Bertz CT molecular complexity index is 602. The smallest absolute Gasteiger partial charge is 0.137 e. The molecule has 3 heteroatoms. The van der Waals surface area contributed by atoms with Gasteiger partial charge in [-0.25, -0.2) is 4.98 Å². The van der Waals surface area contributed by atoms with Crippen LogP contribution >= 0.6 is 0 Å². The average molecular weight is 269 g/mol. The van der Waals surface area contributed by atoms with Crippen LogP contribution in [0.4, 0.5) is 5.82 Å². The van der Waals surface area contributed by atoms with Crippen LogP contribution in [0.5, 0.6) is 0 Å². The highest BCUT2D eigenvalue weighted by atomic mass is 15.2. The van der Waals surface area contributed by atoms with Crippen molar-refractivity contribution < 1.29 is 0 Å². The Kier molecular flexibility index (Phi) is 3.62. The van der Waals surface area contributed by atoms with E-state index < -0.39 is 0 Å². The van der Waals surface area contributed by atoms with Gasteiger partial charge in [0.15, 0.2) is 0 Å². The van der Waals surface area contributed by atoms with Gasteiger partial charge in [-0.05, 0) is 44.1 Å². The highest BCUT2D eigenvalue weighted by Crippen LogP contribution is 2.34. The lowest BCUT2D eigenvalue weighted by molar-refractivity contribution is 0.638. The van der Waals surface area contributed by atoms with Crippen LogP contribution in [-0.4, -0.2) is 17.6 Å². The van der Waals surface area contributed by atoms with Gasteiger partial charge < -0.3 is 10.6 Å². The second-order valence-electron chi connectivity index (χ2n) is 6.05. The highest BCUT2D eigenvalue weighted by molar-refractivity contribution is 5.92. The van der Waals surface area contributed by atoms with Crippen LogP contribution in [0.25, 0.3) is 10.8 Å². The number of hydrogen-bond donors (Lipinski definition) is 1. The van der Waals surface area contributed by atoms with E-state index in [4.69, 9.17) is 10.7 Å². The molecule has 0 atom stereocenters. The van der Waals surface area contributed by atoms with Gasteiger partial charge in [0.2, 0.25) is 0 Å². The van der Waals surface area contributed by atoms with E-state index in [2.05, 4.69) is 49.1 Å². The minimum Gasteiger partial charge on any atom is -0.353 e. The standard InChI is InChI=1S/C17H23N3/c1-12(2)20(11-13-7-8-13)17-16-6-4-3-5-14(16)9-15(10-18)19-17/h3-6,9,12-13H,7-8,10-11,18H2,1-2H3. The third-order valence-electron chi connectivity index (χ3n) is 4.03. The number of anilines is 1. The van der Waals surface area contributed by atoms with Gasteiger partial charge in [-0.3, -0.25) is 0 Å². The third kappa shape index (κ3) is 2.63. The number of nitrogens with zero attached hydrogens (tertiary/aromatic N) is 2. The molecule has 0 aliphatic heterocycles. The summed E-state index contributed by atoms with van der Waals surface area (Å²) in [5.41, 5.74) is 6.79. The lowest BCUT2D eigenvalue weighted by Crippen LogP contribution is -2.34. The SMILES string of the molecule is CC(C)N(CC1CC1)c1nc(CN)cc2ccccc12. The zero-order chi connectivity index (χ0) is 14.1. The molecule has 0 saturated heterocycles. The number of aromatic nitrogens is 1. The zero-order valence-corrected chi connectivity index (χ0v) is 12.3. The summed E-state index contributed by atoms with van der Waals surface area (Å²) in [6, 6.07) is 11.0. The largest absolute Gasteiger partial charge is 0.353 e. The molecular formula is C17H23N3. The van der Waals surface area contributed by atoms with Crippen LogP contribution in [0.2, 0.25) is 0 Å². The van der Waals surface area contributed by atoms with Crippen LogP contribution in [0, 0.1) is 5.92 Å². The van der Waals surface area contributed by atoms with Crippen LogP contribution in [-0.2, 0) is 6.54 Å². The Balaban J connectivity index is 2.10. The Hall–Kier alpha value is -1.61. The molecule has 3 rings (SSSR count). The van der Waals surface area contributed by atoms with Crippen molar-refractivity contribution in [3.8, 4) is 0 Å². The summed E-state index contributed by atoms with van der Waals surface area (Å²) in [6.45, 7) is 6.10. The molecule has 1 heterocycles. The summed E-state index contributed by atoms with van der Waals surface area (Å²) >= 11 is 0. The molecule has 0 amide bonds. The number of pyridine rings is 1. The summed E-state index contributed by atoms with van der Waals surface area (Å²) < 4.78 is 0. The van der Waals surface area contributed by atoms with Crippen LogP contribution in [0.1, 0.15) is 32.4 Å². The van der Waals surface area contributed by atoms with Crippen molar-refractivity contribution in [3.05, 3.63) is 36.0 Å². The van der Waals surface area contributed by atoms with E-state index >= 15 is 0 Å². The van der Waals surface area contributed by atoms with Crippen molar-refractivity contribution in [1.29, 1.82) is 0 Å². The minimum absolute atomic E-state index is 0.458. The quantitative estimate of drug-likeness (QED) is 0.905. The van der Waals surface area contributed by atoms with Gasteiger partial charge in [0.1, 0.15) is 5.82 Å². The minimum atomic E-state index is 0.458. The van der Waals surface area contributed by atoms with Crippen molar-refractivity contribution in [2.45, 2.75) is 39.3 Å². The molecule has 0 bridgehead atoms. The fourth-order valence-corrected chi connectivity index (χ4v) is 2.68. The number of hydrogen-bond acceptors (Lipinski definition) is 3. The zero-order valence-electron chi connectivity index (χ0n) is 12.3.